The number of aliphatic imine (C=N–C) groups is 1. The second-order valence-corrected chi connectivity index (χ2v) is 7.12. The Labute approximate surface area is 199 Å². The summed E-state index contributed by atoms with van der Waals surface area (Å²) >= 11 is 0. The number of amides is 2. The Morgan fingerprint density at radius 3 is 2.74 bits per heavy atom. The number of rotatable bonds is 7. The predicted octanol–water partition coefficient (Wildman–Crippen LogP) is 1.37. The molecule has 2 aromatic heterocycles. The highest BCUT2D eigenvalue weighted by molar-refractivity contribution is 14.0. The van der Waals surface area contributed by atoms with Gasteiger partial charge in [-0.25, -0.2) is 0 Å². The molecule has 1 aliphatic rings. The van der Waals surface area contributed by atoms with Crippen molar-refractivity contribution >= 4 is 47.4 Å². The number of hydrogen-bond donors (Lipinski definition) is 2. The number of guanidine groups is 1. The smallest absolute Gasteiger partial charge is 0.287 e. The molecule has 0 bridgehead atoms. The van der Waals surface area contributed by atoms with Gasteiger partial charge in [0, 0.05) is 51.5 Å². The monoisotopic (exact) mass is 543 g/mol. The Hall–Kier alpha value is -2.57. The zero-order valence-corrected chi connectivity index (χ0v) is 20.5. The normalized spacial score (nSPS) is 14.4. The van der Waals surface area contributed by atoms with Crippen molar-refractivity contribution in [3.63, 3.8) is 0 Å². The van der Waals surface area contributed by atoms with Crippen LogP contribution in [0.25, 0.3) is 0 Å². The molecule has 31 heavy (non-hydrogen) atoms. The first-order valence-corrected chi connectivity index (χ1v) is 10.1. The molecule has 1 saturated heterocycles. The van der Waals surface area contributed by atoms with Crippen molar-refractivity contribution in [1.82, 2.24) is 25.3 Å². The van der Waals surface area contributed by atoms with E-state index in [1.54, 1.807) is 21.8 Å². The highest BCUT2D eigenvalue weighted by Gasteiger charge is 2.27. The average Bonchev–Trinajstić information content (AvgIpc) is 3.34. The van der Waals surface area contributed by atoms with E-state index in [-0.39, 0.29) is 42.3 Å². The van der Waals surface area contributed by atoms with Crippen LogP contribution >= 0.6 is 24.0 Å². The molecule has 0 spiro atoms. The fraction of sp³-hybridized carbons (Fsp3) is 0.500. The van der Waals surface area contributed by atoms with Crippen molar-refractivity contribution < 1.29 is 14.0 Å². The van der Waals surface area contributed by atoms with E-state index in [0.29, 0.717) is 50.9 Å². The van der Waals surface area contributed by atoms with Crippen molar-refractivity contribution in [2.75, 3.05) is 44.2 Å². The van der Waals surface area contributed by atoms with Crippen LogP contribution in [0.3, 0.4) is 0 Å². The van der Waals surface area contributed by atoms with Gasteiger partial charge in [-0.2, -0.15) is 5.10 Å². The van der Waals surface area contributed by atoms with Crippen LogP contribution in [0, 0.1) is 6.92 Å². The zero-order valence-electron chi connectivity index (χ0n) is 18.1. The number of hydrogen-bond acceptors (Lipinski definition) is 5. The molecule has 0 aliphatic carbocycles. The van der Waals surface area contributed by atoms with Gasteiger partial charge < -0.3 is 24.9 Å². The van der Waals surface area contributed by atoms with Crippen LogP contribution in [-0.4, -0.2) is 71.7 Å². The van der Waals surface area contributed by atoms with Gasteiger partial charge in [-0.1, -0.05) is 0 Å². The van der Waals surface area contributed by atoms with Crippen molar-refractivity contribution in [2.45, 2.75) is 20.3 Å². The molecule has 1 aliphatic heterocycles. The average molecular weight is 543 g/mol. The van der Waals surface area contributed by atoms with Crippen LogP contribution in [0.15, 0.2) is 34.1 Å². The molecule has 2 N–H and O–H groups in total. The first-order chi connectivity index (χ1) is 14.5. The molecule has 3 heterocycles. The van der Waals surface area contributed by atoms with Gasteiger partial charge in [-0.05, 0) is 26.3 Å². The molecule has 1 fully saturated rings. The maximum atomic E-state index is 12.6. The van der Waals surface area contributed by atoms with Crippen molar-refractivity contribution in [1.29, 1.82) is 0 Å². The standard InChI is InChI=1S/C20H29N7O3.HI/c1-4-21-20(23-8-5-7-22-19(29)18-15(2)6-11-30-18)26-9-10-27(17(28)14-26)16-12-24-25(3)13-16;/h6,11-13H,4-5,7-10,14H2,1-3H3,(H,21,23)(H,22,29);1H. The Morgan fingerprint density at radius 2 is 2.13 bits per heavy atom. The second kappa shape index (κ2) is 11.7. The fourth-order valence-corrected chi connectivity index (χ4v) is 3.25. The van der Waals surface area contributed by atoms with Crippen molar-refractivity contribution in [3.05, 3.63) is 36.0 Å². The Kier molecular flexibility index (Phi) is 9.34. The lowest BCUT2D eigenvalue weighted by atomic mass is 10.2. The third-order valence-electron chi connectivity index (χ3n) is 4.81. The van der Waals surface area contributed by atoms with E-state index < -0.39 is 0 Å². The molecular weight excluding hydrogens is 513 g/mol. The van der Waals surface area contributed by atoms with Gasteiger partial charge in [-0.15, -0.1) is 24.0 Å². The zero-order chi connectivity index (χ0) is 21.5. The second-order valence-electron chi connectivity index (χ2n) is 7.12. The van der Waals surface area contributed by atoms with E-state index in [2.05, 4.69) is 20.7 Å². The molecule has 0 radical (unpaired) electrons. The summed E-state index contributed by atoms with van der Waals surface area (Å²) in [6, 6.07) is 1.76. The summed E-state index contributed by atoms with van der Waals surface area (Å²) in [6.45, 7) is 7.09. The number of aromatic nitrogens is 2. The van der Waals surface area contributed by atoms with Gasteiger partial charge in [0.2, 0.25) is 5.91 Å². The van der Waals surface area contributed by atoms with E-state index in [9.17, 15) is 9.59 Å². The lowest BCUT2D eigenvalue weighted by Crippen LogP contribution is -2.55. The van der Waals surface area contributed by atoms with Crippen LogP contribution < -0.4 is 15.5 Å². The number of carbonyl (C=O) groups is 2. The summed E-state index contributed by atoms with van der Waals surface area (Å²) in [6.07, 6.45) is 5.73. The number of halogens is 1. The maximum Gasteiger partial charge on any atom is 0.287 e. The molecular formula is C20H30IN7O3. The quantitative estimate of drug-likeness (QED) is 0.237. The minimum Gasteiger partial charge on any atom is -0.459 e. The molecule has 2 amide bonds. The van der Waals surface area contributed by atoms with Gasteiger partial charge in [0.25, 0.3) is 5.91 Å². The third kappa shape index (κ3) is 6.45. The summed E-state index contributed by atoms with van der Waals surface area (Å²) in [5, 5.41) is 10.2. The Morgan fingerprint density at radius 1 is 1.32 bits per heavy atom. The first kappa shape index (κ1) is 24.7. The van der Waals surface area contributed by atoms with Gasteiger partial charge in [0.05, 0.1) is 18.1 Å². The number of piperazine rings is 1. The molecule has 3 rings (SSSR count). The summed E-state index contributed by atoms with van der Waals surface area (Å²) in [7, 11) is 1.83. The van der Waals surface area contributed by atoms with Crippen molar-refractivity contribution in [3.8, 4) is 0 Å². The molecule has 0 unspecified atom stereocenters. The molecule has 0 saturated carbocycles. The molecule has 0 aromatic carbocycles. The first-order valence-electron chi connectivity index (χ1n) is 10.1. The number of nitrogens with zero attached hydrogens (tertiary/aromatic N) is 5. The topological polar surface area (TPSA) is 108 Å². The van der Waals surface area contributed by atoms with Crippen LogP contribution in [0.1, 0.15) is 29.5 Å². The molecule has 2 aromatic rings. The lowest BCUT2D eigenvalue weighted by Gasteiger charge is -2.35. The Balaban J connectivity index is 0.00000341. The van der Waals surface area contributed by atoms with Crippen molar-refractivity contribution in [2.24, 2.45) is 12.0 Å². The van der Waals surface area contributed by atoms with Crippen LogP contribution in [0.4, 0.5) is 5.69 Å². The molecule has 10 nitrogen and oxygen atoms in total. The highest BCUT2D eigenvalue weighted by atomic mass is 127. The maximum absolute atomic E-state index is 12.6. The Bertz CT molecular complexity index is 908. The number of anilines is 1. The van der Waals surface area contributed by atoms with Gasteiger partial charge >= 0.3 is 0 Å². The molecule has 0 atom stereocenters. The largest absolute Gasteiger partial charge is 0.459 e. The van der Waals surface area contributed by atoms with Crippen LogP contribution in [0.2, 0.25) is 0 Å². The van der Waals surface area contributed by atoms with E-state index >= 15 is 0 Å². The number of nitrogens with one attached hydrogen (secondary N) is 2. The van der Waals surface area contributed by atoms with E-state index in [0.717, 1.165) is 11.3 Å². The van der Waals surface area contributed by atoms with Crippen LogP contribution in [0.5, 0.6) is 0 Å². The SMILES string of the molecule is CCNC(=NCCCNC(=O)c1occc1C)N1CCN(c2cnn(C)c2)C(=O)C1.I. The van der Waals surface area contributed by atoms with Gasteiger partial charge in [-0.3, -0.25) is 19.3 Å². The lowest BCUT2D eigenvalue weighted by molar-refractivity contribution is -0.120. The number of carbonyl (C=O) groups excluding carboxylic acids is 2. The minimum absolute atomic E-state index is 0. The van der Waals surface area contributed by atoms with Gasteiger partial charge in [0.1, 0.15) is 6.54 Å². The minimum atomic E-state index is -0.217. The predicted molar refractivity (Wildman–Crippen MR) is 129 cm³/mol. The number of aryl methyl sites for hydroxylation is 2. The van der Waals surface area contributed by atoms with Gasteiger partial charge in [0.15, 0.2) is 11.7 Å². The summed E-state index contributed by atoms with van der Waals surface area (Å²) in [4.78, 5) is 33.0. The highest BCUT2D eigenvalue weighted by Crippen LogP contribution is 2.16. The summed E-state index contributed by atoms with van der Waals surface area (Å²) in [5.74, 6) is 0.855. The molecule has 11 heteroatoms. The van der Waals surface area contributed by atoms with E-state index in [4.69, 9.17) is 4.42 Å². The third-order valence-corrected chi connectivity index (χ3v) is 4.81. The summed E-state index contributed by atoms with van der Waals surface area (Å²) < 4.78 is 6.87. The molecule has 170 valence electrons. The number of furan rings is 1. The van der Waals surface area contributed by atoms with Crippen LogP contribution in [-0.2, 0) is 11.8 Å². The summed E-state index contributed by atoms with van der Waals surface area (Å²) in [5.41, 5.74) is 1.63. The van der Waals surface area contributed by atoms with E-state index in [1.807, 2.05) is 32.0 Å². The van der Waals surface area contributed by atoms with E-state index in [1.165, 1.54) is 6.26 Å². The fourth-order valence-electron chi connectivity index (χ4n) is 3.25.